The van der Waals surface area contributed by atoms with E-state index in [1.807, 2.05) is 0 Å². The molecule has 1 aromatic rings. The van der Waals surface area contributed by atoms with Crippen LogP contribution in [-0.4, -0.2) is 11.3 Å². The molecule has 0 radical (unpaired) electrons. The molecule has 0 spiro atoms. The third-order valence-corrected chi connectivity index (χ3v) is 2.48. The Morgan fingerprint density at radius 1 is 1.58 bits per heavy atom. The van der Waals surface area contributed by atoms with E-state index in [4.69, 9.17) is 0 Å². The lowest BCUT2D eigenvalue weighted by Gasteiger charge is -2.00. The summed E-state index contributed by atoms with van der Waals surface area (Å²) in [6.07, 6.45) is 2.19. The molecule has 0 aromatic carbocycles. The van der Waals surface area contributed by atoms with Gasteiger partial charge in [-0.25, -0.2) is 0 Å². The first-order chi connectivity index (χ1) is 5.65. The average Bonchev–Trinajstić information content (AvgIpc) is 2.08. The number of rotatable bonds is 2. The van der Waals surface area contributed by atoms with E-state index in [0.29, 0.717) is 11.8 Å². The highest BCUT2D eigenvalue weighted by molar-refractivity contribution is 9.10. The number of H-pyrrole nitrogens is 1. The third kappa shape index (κ3) is 2.04. The summed E-state index contributed by atoms with van der Waals surface area (Å²) >= 11 is 6.25. The van der Waals surface area contributed by atoms with Crippen LogP contribution in [-0.2, 0) is 4.79 Å². The molecule has 64 valence electrons. The molecule has 0 saturated carbocycles. The molecular formula is C7H5Br2NO2. The Bertz CT molecular complexity index is 348. The fourth-order valence-electron chi connectivity index (χ4n) is 0.752. The van der Waals surface area contributed by atoms with Crippen LogP contribution in [0.5, 0.6) is 0 Å². The van der Waals surface area contributed by atoms with Gasteiger partial charge in [0.15, 0.2) is 0 Å². The van der Waals surface area contributed by atoms with Gasteiger partial charge in [-0.05, 0) is 22.0 Å². The summed E-state index contributed by atoms with van der Waals surface area (Å²) in [5.41, 5.74) is 0.145. The molecule has 0 aliphatic carbocycles. The molecule has 5 heteroatoms. The minimum absolute atomic E-state index is 0.257. The molecule has 0 bridgehead atoms. The maximum absolute atomic E-state index is 11.1. The minimum atomic E-state index is -0.543. The lowest BCUT2D eigenvalue weighted by Crippen LogP contribution is -2.13. The van der Waals surface area contributed by atoms with Crippen molar-refractivity contribution >= 4 is 38.1 Å². The number of alkyl halides is 1. The number of nitrogens with one attached hydrogen (secondary N) is 1. The van der Waals surface area contributed by atoms with Crippen molar-refractivity contribution in [3.8, 4) is 0 Å². The standard InChI is InChI=1S/C7H5Br2NO2/c8-4-1-5(6(9)3-11)7(12)10-2-4/h1-3,6H,(H,10,12). The van der Waals surface area contributed by atoms with Gasteiger partial charge >= 0.3 is 0 Å². The number of pyridine rings is 1. The Morgan fingerprint density at radius 3 is 2.83 bits per heavy atom. The topological polar surface area (TPSA) is 49.9 Å². The van der Waals surface area contributed by atoms with E-state index in [0.717, 1.165) is 4.47 Å². The van der Waals surface area contributed by atoms with Gasteiger partial charge in [0.2, 0.25) is 0 Å². The molecule has 0 saturated heterocycles. The summed E-state index contributed by atoms with van der Waals surface area (Å²) in [6.45, 7) is 0. The second-order valence-electron chi connectivity index (χ2n) is 2.14. The first kappa shape index (κ1) is 9.67. The fourth-order valence-corrected chi connectivity index (χ4v) is 1.45. The SMILES string of the molecule is O=CC(Br)c1cc(Br)c[nH]c1=O. The van der Waals surface area contributed by atoms with Crippen molar-refractivity contribution in [2.24, 2.45) is 0 Å². The van der Waals surface area contributed by atoms with Gasteiger partial charge in [0, 0.05) is 16.2 Å². The number of hydrogen-bond acceptors (Lipinski definition) is 2. The predicted octanol–water partition coefficient (Wildman–Crippen LogP) is 1.77. The quantitative estimate of drug-likeness (QED) is 0.668. The molecule has 1 rings (SSSR count). The van der Waals surface area contributed by atoms with Crippen molar-refractivity contribution in [1.82, 2.24) is 4.98 Å². The van der Waals surface area contributed by atoms with Gasteiger partial charge < -0.3 is 9.78 Å². The van der Waals surface area contributed by atoms with Crippen LogP contribution >= 0.6 is 31.9 Å². The molecule has 3 nitrogen and oxygen atoms in total. The lowest BCUT2D eigenvalue weighted by atomic mass is 10.2. The molecule has 1 atom stereocenters. The van der Waals surface area contributed by atoms with Gasteiger partial charge in [-0.2, -0.15) is 0 Å². The third-order valence-electron chi connectivity index (χ3n) is 1.31. The summed E-state index contributed by atoms with van der Waals surface area (Å²) in [6, 6.07) is 1.60. The van der Waals surface area contributed by atoms with E-state index in [9.17, 15) is 9.59 Å². The largest absolute Gasteiger partial charge is 0.328 e. The van der Waals surface area contributed by atoms with Crippen molar-refractivity contribution in [1.29, 1.82) is 0 Å². The maximum atomic E-state index is 11.1. The molecule has 0 amide bonds. The first-order valence-electron chi connectivity index (χ1n) is 3.12. The molecule has 1 aromatic heterocycles. The van der Waals surface area contributed by atoms with Crippen LogP contribution in [0.3, 0.4) is 0 Å². The van der Waals surface area contributed by atoms with Crippen molar-refractivity contribution in [3.05, 3.63) is 32.7 Å². The Morgan fingerprint density at radius 2 is 2.25 bits per heavy atom. The van der Waals surface area contributed by atoms with E-state index in [2.05, 4.69) is 36.8 Å². The van der Waals surface area contributed by atoms with Gasteiger partial charge in [-0.15, -0.1) is 0 Å². The second-order valence-corrected chi connectivity index (χ2v) is 4.04. The van der Waals surface area contributed by atoms with Crippen LogP contribution in [0.4, 0.5) is 0 Å². The Hall–Kier alpha value is -0.420. The van der Waals surface area contributed by atoms with Crippen molar-refractivity contribution in [3.63, 3.8) is 0 Å². The number of carbonyl (C=O) groups excluding carboxylic acids is 1. The Kier molecular flexibility index (Phi) is 3.22. The zero-order valence-electron chi connectivity index (χ0n) is 5.88. The number of halogens is 2. The predicted molar refractivity (Wildman–Crippen MR) is 52.5 cm³/mol. The zero-order chi connectivity index (χ0) is 9.14. The summed E-state index contributed by atoms with van der Waals surface area (Å²) in [7, 11) is 0. The average molecular weight is 295 g/mol. The van der Waals surface area contributed by atoms with Crippen LogP contribution in [0.15, 0.2) is 21.5 Å². The molecule has 0 aliphatic rings. The number of aldehydes is 1. The van der Waals surface area contributed by atoms with Gasteiger partial charge in [0.1, 0.15) is 11.1 Å². The number of hydrogen-bond donors (Lipinski definition) is 1. The lowest BCUT2D eigenvalue weighted by molar-refractivity contribution is -0.107. The molecule has 1 heterocycles. The van der Waals surface area contributed by atoms with Gasteiger partial charge in [0.25, 0.3) is 5.56 Å². The highest BCUT2D eigenvalue weighted by Gasteiger charge is 2.09. The highest BCUT2D eigenvalue weighted by Crippen LogP contribution is 2.18. The highest BCUT2D eigenvalue weighted by atomic mass is 79.9. The summed E-state index contributed by atoms with van der Waals surface area (Å²) in [5, 5.41) is 0. The Labute approximate surface area is 85.4 Å². The van der Waals surface area contributed by atoms with E-state index in [1.54, 1.807) is 6.07 Å². The van der Waals surface area contributed by atoms with Crippen molar-refractivity contribution in [2.75, 3.05) is 0 Å². The maximum Gasteiger partial charge on any atom is 0.252 e. The van der Waals surface area contributed by atoms with E-state index < -0.39 is 4.83 Å². The second kappa shape index (κ2) is 4.00. The first-order valence-corrected chi connectivity index (χ1v) is 4.83. The Balaban J connectivity index is 3.22. The molecule has 1 N–H and O–H groups in total. The van der Waals surface area contributed by atoms with E-state index in [1.165, 1.54) is 6.20 Å². The molecule has 12 heavy (non-hydrogen) atoms. The molecule has 1 unspecified atom stereocenters. The van der Waals surface area contributed by atoms with Crippen LogP contribution in [0.1, 0.15) is 10.4 Å². The van der Waals surface area contributed by atoms with Gasteiger partial charge in [-0.3, -0.25) is 4.79 Å². The van der Waals surface area contributed by atoms with Crippen molar-refractivity contribution < 1.29 is 4.79 Å². The van der Waals surface area contributed by atoms with Crippen LogP contribution < -0.4 is 5.56 Å². The normalized spacial score (nSPS) is 12.5. The van der Waals surface area contributed by atoms with E-state index in [-0.39, 0.29) is 5.56 Å². The fraction of sp³-hybridized carbons (Fsp3) is 0.143. The molecule has 0 aliphatic heterocycles. The molecular weight excluding hydrogens is 290 g/mol. The van der Waals surface area contributed by atoms with Gasteiger partial charge in [-0.1, -0.05) is 15.9 Å². The molecule has 0 fully saturated rings. The number of carbonyl (C=O) groups is 1. The smallest absolute Gasteiger partial charge is 0.252 e. The summed E-state index contributed by atoms with van der Waals surface area (Å²) in [5.74, 6) is 0. The minimum Gasteiger partial charge on any atom is -0.328 e. The zero-order valence-corrected chi connectivity index (χ0v) is 9.05. The van der Waals surface area contributed by atoms with Crippen LogP contribution in [0.25, 0.3) is 0 Å². The monoisotopic (exact) mass is 293 g/mol. The number of aromatic amines is 1. The van der Waals surface area contributed by atoms with Crippen LogP contribution in [0.2, 0.25) is 0 Å². The van der Waals surface area contributed by atoms with Crippen molar-refractivity contribution in [2.45, 2.75) is 4.83 Å². The summed E-state index contributed by atoms with van der Waals surface area (Å²) in [4.78, 5) is 23.4. The van der Waals surface area contributed by atoms with Crippen LogP contribution in [0, 0.1) is 0 Å². The van der Waals surface area contributed by atoms with Gasteiger partial charge in [0.05, 0.1) is 0 Å². The number of aromatic nitrogens is 1. The summed E-state index contributed by atoms with van der Waals surface area (Å²) < 4.78 is 0.739. The van der Waals surface area contributed by atoms with E-state index >= 15 is 0 Å².